The largest absolute Gasteiger partial charge is 0.322 e. The minimum atomic E-state index is -0.188. The first-order valence-electron chi connectivity index (χ1n) is 8.36. The molecule has 0 saturated heterocycles. The van der Waals surface area contributed by atoms with E-state index in [2.05, 4.69) is 10.4 Å². The van der Waals surface area contributed by atoms with Gasteiger partial charge in [0.2, 0.25) is 0 Å². The zero-order valence-electron chi connectivity index (χ0n) is 15.0. The molecule has 0 bridgehead atoms. The van der Waals surface area contributed by atoms with Crippen molar-refractivity contribution in [3.8, 4) is 5.69 Å². The van der Waals surface area contributed by atoms with E-state index in [9.17, 15) is 4.79 Å². The molecule has 6 heteroatoms. The topological polar surface area (TPSA) is 50.2 Å². The van der Waals surface area contributed by atoms with Crippen molar-refractivity contribution in [2.24, 2.45) is 0 Å². The van der Waals surface area contributed by atoms with E-state index in [1.807, 2.05) is 73.1 Å². The lowest BCUT2D eigenvalue weighted by atomic mass is 10.1. The minimum absolute atomic E-state index is 0.106. The van der Waals surface area contributed by atoms with Crippen molar-refractivity contribution in [2.75, 3.05) is 12.4 Å². The lowest BCUT2D eigenvalue weighted by Gasteiger charge is -2.26. The van der Waals surface area contributed by atoms with Crippen molar-refractivity contribution >= 4 is 23.3 Å². The molecule has 0 aliphatic heterocycles. The summed E-state index contributed by atoms with van der Waals surface area (Å²) in [5, 5.41) is 7.90. The highest BCUT2D eigenvalue weighted by molar-refractivity contribution is 6.30. The third-order valence-electron chi connectivity index (χ3n) is 4.41. The van der Waals surface area contributed by atoms with Crippen LogP contribution in [-0.2, 0) is 0 Å². The summed E-state index contributed by atoms with van der Waals surface area (Å²) in [4.78, 5) is 14.3. The molecule has 0 aliphatic rings. The molecule has 3 aromatic rings. The van der Waals surface area contributed by atoms with Gasteiger partial charge in [-0.1, -0.05) is 29.8 Å². The number of aryl methyl sites for hydroxylation is 1. The molecule has 1 aromatic heterocycles. The SMILES string of the molecule is Cc1ccnn1-c1cccc(NC(=O)N(C)C(C)c2cccc(Cl)c2)c1. The van der Waals surface area contributed by atoms with E-state index < -0.39 is 0 Å². The maximum atomic E-state index is 12.6. The van der Waals surface area contributed by atoms with E-state index in [-0.39, 0.29) is 12.1 Å². The van der Waals surface area contributed by atoms with E-state index in [1.54, 1.807) is 18.1 Å². The molecule has 134 valence electrons. The van der Waals surface area contributed by atoms with Crippen LogP contribution in [0.15, 0.2) is 60.8 Å². The Morgan fingerprint density at radius 2 is 1.96 bits per heavy atom. The number of anilines is 1. The van der Waals surface area contributed by atoms with E-state index in [4.69, 9.17) is 11.6 Å². The highest BCUT2D eigenvalue weighted by atomic mass is 35.5. The molecule has 5 nitrogen and oxygen atoms in total. The molecule has 0 saturated carbocycles. The number of urea groups is 1. The first kappa shape index (κ1) is 18.0. The van der Waals surface area contributed by atoms with Gasteiger partial charge in [0.05, 0.1) is 11.7 Å². The van der Waals surface area contributed by atoms with Crippen LogP contribution in [-0.4, -0.2) is 27.8 Å². The van der Waals surface area contributed by atoms with Gasteiger partial charge in [-0.15, -0.1) is 0 Å². The molecule has 1 atom stereocenters. The van der Waals surface area contributed by atoms with E-state index in [0.29, 0.717) is 10.7 Å². The fraction of sp³-hybridized carbons (Fsp3) is 0.200. The number of hydrogen-bond acceptors (Lipinski definition) is 2. The zero-order chi connectivity index (χ0) is 18.7. The number of nitrogens with zero attached hydrogens (tertiary/aromatic N) is 3. The van der Waals surface area contributed by atoms with E-state index in [0.717, 1.165) is 16.9 Å². The molecular weight excluding hydrogens is 348 g/mol. The predicted molar refractivity (Wildman–Crippen MR) is 105 cm³/mol. The number of nitrogens with one attached hydrogen (secondary N) is 1. The third kappa shape index (κ3) is 3.89. The summed E-state index contributed by atoms with van der Waals surface area (Å²) in [5.74, 6) is 0. The van der Waals surface area contributed by atoms with Gasteiger partial charge in [0, 0.05) is 29.6 Å². The van der Waals surface area contributed by atoms with Crippen LogP contribution in [0.5, 0.6) is 0 Å². The average molecular weight is 369 g/mol. The van der Waals surface area contributed by atoms with Gasteiger partial charge in [0.25, 0.3) is 0 Å². The minimum Gasteiger partial charge on any atom is -0.321 e. The second kappa shape index (κ2) is 7.62. The Kier molecular flexibility index (Phi) is 5.28. The van der Waals surface area contributed by atoms with Gasteiger partial charge in [0.1, 0.15) is 0 Å². The van der Waals surface area contributed by atoms with Gasteiger partial charge >= 0.3 is 6.03 Å². The molecule has 0 spiro atoms. The van der Waals surface area contributed by atoms with Crippen LogP contribution < -0.4 is 5.32 Å². The maximum Gasteiger partial charge on any atom is 0.322 e. The molecule has 2 aromatic carbocycles. The quantitative estimate of drug-likeness (QED) is 0.699. The van der Waals surface area contributed by atoms with Crippen LogP contribution in [0.4, 0.5) is 10.5 Å². The van der Waals surface area contributed by atoms with E-state index >= 15 is 0 Å². The Morgan fingerprint density at radius 1 is 1.19 bits per heavy atom. The number of benzene rings is 2. The van der Waals surface area contributed by atoms with Crippen LogP contribution in [0.3, 0.4) is 0 Å². The van der Waals surface area contributed by atoms with Crippen molar-refractivity contribution < 1.29 is 4.79 Å². The molecule has 0 radical (unpaired) electrons. The van der Waals surface area contributed by atoms with Crippen molar-refractivity contribution in [1.82, 2.24) is 14.7 Å². The van der Waals surface area contributed by atoms with Crippen molar-refractivity contribution in [2.45, 2.75) is 19.9 Å². The molecule has 1 N–H and O–H groups in total. The molecule has 0 fully saturated rings. The average Bonchev–Trinajstić information content (AvgIpc) is 3.06. The van der Waals surface area contributed by atoms with Crippen LogP contribution >= 0.6 is 11.6 Å². The molecule has 2 amide bonds. The Labute approximate surface area is 158 Å². The maximum absolute atomic E-state index is 12.6. The van der Waals surface area contributed by atoms with Gasteiger partial charge in [-0.25, -0.2) is 9.48 Å². The number of hydrogen-bond donors (Lipinski definition) is 1. The molecule has 26 heavy (non-hydrogen) atoms. The van der Waals surface area contributed by atoms with Gasteiger partial charge in [-0.3, -0.25) is 0 Å². The normalized spacial score (nSPS) is 11.8. The highest BCUT2D eigenvalue weighted by Crippen LogP contribution is 2.23. The number of carbonyl (C=O) groups excluding carboxylic acids is 1. The van der Waals surface area contributed by atoms with Crippen LogP contribution in [0, 0.1) is 6.92 Å². The summed E-state index contributed by atoms with van der Waals surface area (Å²) in [6.45, 7) is 3.95. The fourth-order valence-corrected chi connectivity index (χ4v) is 2.93. The summed E-state index contributed by atoms with van der Waals surface area (Å²) in [6.07, 6.45) is 1.75. The van der Waals surface area contributed by atoms with Gasteiger partial charge in [0.15, 0.2) is 0 Å². The predicted octanol–water partition coefficient (Wildman–Crippen LogP) is 5.06. The summed E-state index contributed by atoms with van der Waals surface area (Å²) in [5.41, 5.74) is 3.62. The molecule has 1 heterocycles. The number of carbonyl (C=O) groups is 1. The number of aromatic nitrogens is 2. The van der Waals surface area contributed by atoms with Crippen molar-refractivity contribution in [3.05, 3.63) is 77.1 Å². The number of rotatable bonds is 4. The van der Waals surface area contributed by atoms with Gasteiger partial charge in [-0.2, -0.15) is 5.10 Å². The Morgan fingerprint density at radius 3 is 2.65 bits per heavy atom. The van der Waals surface area contributed by atoms with Gasteiger partial charge in [-0.05, 0) is 55.8 Å². The summed E-state index contributed by atoms with van der Waals surface area (Å²) in [7, 11) is 1.77. The Bertz CT molecular complexity index is 921. The van der Waals surface area contributed by atoms with Crippen LogP contribution in [0.25, 0.3) is 5.69 Å². The molecular formula is C20H21ClN4O. The lowest BCUT2D eigenvalue weighted by Crippen LogP contribution is -2.33. The smallest absolute Gasteiger partial charge is 0.321 e. The standard InChI is InChI=1S/C20H21ClN4O/c1-14-10-11-22-25(14)19-9-5-8-18(13-19)23-20(26)24(3)15(2)16-6-4-7-17(21)12-16/h4-13,15H,1-3H3,(H,23,26). The first-order valence-corrected chi connectivity index (χ1v) is 8.74. The lowest BCUT2D eigenvalue weighted by molar-refractivity contribution is 0.208. The third-order valence-corrected chi connectivity index (χ3v) is 4.64. The zero-order valence-corrected chi connectivity index (χ0v) is 15.7. The monoisotopic (exact) mass is 368 g/mol. The van der Waals surface area contributed by atoms with E-state index in [1.165, 1.54) is 0 Å². The Hall–Kier alpha value is -2.79. The number of amides is 2. The molecule has 0 aliphatic carbocycles. The Balaban J connectivity index is 1.74. The summed E-state index contributed by atoms with van der Waals surface area (Å²) in [6, 6.07) is 16.8. The summed E-state index contributed by atoms with van der Waals surface area (Å²) >= 11 is 6.05. The fourth-order valence-electron chi connectivity index (χ4n) is 2.73. The van der Waals surface area contributed by atoms with Gasteiger partial charge < -0.3 is 10.2 Å². The van der Waals surface area contributed by atoms with Crippen LogP contribution in [0.1, 0.15) is 24.2 Å². The first-order chi connectivity index (χ1) is 12.5. The van der Waals surface area contributed by atoms with Crippen LogP contribution in [0.2, 0.25) is 5.02 Å². The van der Waals surface area contributed by atoms with Crippen molar-refractivity contribution in [1.29, 1.82) is 0 Å². The molecule has 3 rings (SSSR count). The molecule has 1 unspecified atom stereocenters. The second-order valence-corrected chi connectivity index (χ2v) is 6.64. The summed E-state index contributed by atoms with van der Waals surface area (Å²) < 4.78 is 1.83. The second-order valence-electron chi connectivity index (χ2n) is 6.21. The van der Waals surface area contributed by atoms with Crippen molar-refractivity contribution in [3.63, 3.8) is 0 Å². The highest BCUT2D eigenvalue weighted by Gasteiger charge is 2.18. The number of halogens is 1.